The minimum absolute atomic E-state index is 0.0136. The van der Waals surface area contributed by atoms with Crippen LogP contribution in [0.15, 0.2) is 29.6 Å². The number of carbonyl (C=O) groups excluding carboxylic acids is 1. The molecule has 0 unspecified atom stereocenters. The molecule has 1 aromatic carbocycles. The van der Waals surface area contributed by atoms with Gasteiger partial charge in [0, 0.05) is 50.3 Å². The van der Waals surface area contributed by atoms with Gasteiger partial charge in [-0.25, -0.2) is 0 Å². The topological polar surface area (TPSA) is 56.6 Å². The van der Waals surface area contributed by atoms with Gasteiger partial charge in [-0.3, -0.25) is 4.79 Å². The van der Waals surface area contributed by atoms with Crippen molar-refractivity contribution in [2.75, 3.05) is 44.8 Å². The molecule has 4 rings (SSSR count). The average molecular weight is 464 g/mol. The second-order valence-corrected chi connectivity index (χ2v) is 9.56. The van der Waals surface area contributed by atoms with E-state index in [9.17, 15) is 18.0 Å². The first kappa shape index (κ1) is 22.6. The summed E-state index contributed by atoms with van der Waals surface area (Å²) in [5, 5.41) is 11.0. The van der Waals surface area contributed by atoms with Crippen molar-refractivity contribution in [3.8, 4) is 6.07 Å². The number of carbonyl (C=O) groups is 1. The number of fused-ring (bicyclic) bond motifs is 1. The second-order valence-electron chi connectivity index (χ2n) is 8.65. The van der Waals surface area contributed by atoms with Crippen LogP contribution in [0.25, 0.3) is 0 Å². The number of halogens is 3. The van der Waals surface area contributed by atoms with Gasteiger partial charge in [0.25, 0.3) is 5.91 Å². The molecule has 2 aromatic rings. The van der Waals surface area contributed by atoms with E-state index in [2.05, 4.69) is 0 Å². The zero-order valence-corrected chi connectivity index (χ0v) is 18.7. The van der Waals surface area contributed by atoms with Crippen LogP contribution in [0, 0.1) is 29.6 Å². The largest absolute Gasteiger partial charge is 0.417 e. The van der Waals surface area contributed by atoms with E-state index in [-0.39, 0.29) is 22.8 Å². The highest BCUT2D eigenvalue weighted by molar-refractivity contribution is 7.12. The molecule has 2 aliphatic heterocycles. The lowest BCUT2D eigenvalue weighted by Gasteiger charge is -2.43. The normalized spacial score (nSPS) is 23.2. The minimum atomic E-state index is -4.60. The molecule has 0 saturated carbocycles. The van der Waals surface area contributed by atoms with Crippen LogP contribution in [0.4, 0.5) is 18.9 Å². The number of anilines is 1. The molecule has 0 bridgehead atoms. The zero-order valence-electron chi connectivity index (χ0n) is 17.9. The number of nitrogens with zero attached hydrogens (tertiary/aromatic N) is 3. The Balaban J connectivity index is 1.60. The van der Waals surface area contributed by atoms with Crippen LogP contribution in [-0.2, 0) is 10.9 Å². The summed E-state index contributed by atoms with van der Waals surface area (Å²) in [7, 11) is 1.63. The molecule has 3 heterocycles. The smallest absolute Gasteiger partial charge is 0.384 e. The molecule has 2 fully saturated rings. The lowest BCUT2D eigenvalue weighted by molar-refractivity contribution is -0.137. The fourth-order valence-electron chi connectivity index (χ4n) is 4.98. The summed E-state index contributed by atoms with van der Waals surface area (Å²) >= 11 is 1.43. The third kappa shape index (κ3) is 3.97. The molecule has 2 atom stereocenters. The molecule has 2 aliphatic rings. The van der Waals surface area contributed by atoms with Crippen molar-refractivity contribution in [2.45, 2.75) is 19.5 Å². The lowest BCUT2D eigenvalue weighted by Crippen LogP contribution is -2.50. The Bertz CT molecular complexity index is 1060. The van der Waals surface area contributed by atoms with E-state index < -0.39 is 11.7 Å². The van der Waals surface area contributed by atoms with Crippen molar-refractivity contribution in [1.29, 1.82) is 5.26 Å². The molecule has 5 nitrogen and oxygen atoms in total. The molecule has 1 amide bonds. The number of thiophene rings is 1. The van der Waals surface area contributed by atoms with Gasteiger partial charge in [0.2, 0.25) is 0 Å². The Kier molecular flexibility index (Phi) is 5.94. The van der Waals surface area contributed by atoms with E-state index in [4.69, 9.17) is 10.00 Å². The highest BCUT2D eigenvalue weighted by Gasteiger charge is 2.50. The molecule has 9 heteroatoms. The number of benzene rings is 1. The molecular weight excluding hydrogens is 439 g/mol. The fraction of sp³-hybridized carbons (Fsp3) is 0.478. The van der Waals surface area contributed by atoms with Crippen LogP contribution in [0.3, 0.4) is 0 Å². The Morgan fingerprint density at radius 2 is 2.12 bits per heavy atom. The van der Waals surface area contributed by atoms with Crippen molar-refractivity contribution in [3.63, 3.8) is 0 Å². The first-order chi connectivity index (χ1) is 15.2. The Labute approximate surface area is 189 Å². The number of piperidine rings is 1. The van der Waals surface area contributed by atoms with Gasteiger partial charge in [-0.2, -0.15) is 18.4 Å². The van der Waals surface area contributed by atoms with E-state index >= 15 is 0 Å². The summed E-state index contributed by atoms with van der Waals surface area (Å²) in [4.78, 5) is 17.6. The molecule has 0 spiro atoms. The van der Waals surface area contributed by atoms with E-state index in [0.29, 0.717) is 38.5 Å². The predicted molar refractivity (Wildman–Crippen MR) is 116 cm³/mol. The van der Waals surface area contributed by atoms with E-state index in [1.807, 2.05) is 28.2 Å². The summed E-state index contributed by atoms with van der Waals surface area (Å²) in [5.41, 5.74) is -0.139. The molecule has 32 heavy (non-hydrogen) atoms. The van der Waals surface area contributed by atoms with Gasteiger partial charge in [0.05, 0.1) is 28.7 Å². The summed E-state index contributed by atoms with van der Waals surface area (Å²) in [6.45, 7) is 4.61. The molecule has 0 N–H and O–H groups in total. The van der Waals surface area contributed by atoms with Gasteiger partial charge < -0.3 is 14.5 Å². The van der Waals surface area contributed by atoms with Gasteiger partial charge in [-0.15, -0.1) is 11.3 Å². The number of hydrogen-bond acceptors (Lipinski definition) is 5. The van der Waals surface area contributed by atoms with Crippen LogP contribution in [0.2, 0.25) is 0 Å². The maximum Gasteiger partial charge on any atom is 0.417 e. The second kappa shape index (κ2) is 8.41. The van der Waals surface area contributed by atoms with Crippen LogP contribution in [-0.4, -0.2) is 50.7 Å². The number of rotatable bonds is 4. The Morgan fingerprint density at radius 1 is 1.34 bits per heavy atom. The number of aryl methyl sites for hydroxylation is 1. The first-order valence-electron chi connectivity index (χ1n) is 10.4. The molecular formula is C23H24F3N3O2S. The maximum atomic E-state index is 13.5. The van der Waals surface area contributed by atoms with Crippen molar-refractivity contribution in [1.82, 2.24) is 4.90 Å². The maximum absolute atomic E-state index is 13.5. The van der Waals surface area contributed by atoms with E-state index in [1.54, 1.807) is 19.2 Å². The van der Waals surface area contributed by atoms with Crippen LogP contribution in [0.1, 0.15) is 32.8 Å². The van der Waals surface area contributed by atoms with Gasteiger partial charge in [-0.1, -0.05) is 0 Å². The van der Waals surface area contributed by atoms with Gasteiger partial charge in [-0.05, 0) is 48.6 Å². The quantitative estimate of drug-likeness (QED) is 0.667. The van der Waals surface area contributed by atoms with Crippen molar-refractivity contribution in [3.05, 3.63) is 51.2 Å². The van der Waals surface area contributed by atoms with E-state index in [0.717, 1.165) is 22.9 Å². The Morgan fingerprint density at radius 3 is 2.75 bits per heavy atom. The van der Waals surface area contributed by atoms with Crippen LogP contribution < -0.4 is 4.90 Å². The Hall–Kier alpha value is -2.57. The third-order valence-electron chi connectivity index (χ3n) is 6.70. The van der Waals surface area contributed by atoms with Gasteiger partial charge >= 0.3 is 6.18 Å². The number of methoxy groups -OCH3 is 1. The number of nitriles is 1. The first-order valence-corrected chi connectivity index (χ1v) is 11.2. The summed E-state index contributed by atoms with van der Waals surface area (Å²) in [5.74, 6) is 0.0881. The van der Waals surface area contributed by atoms with Gasteiger partial charge in [0.1, 0.15) is 0 Å². The molecule has 170 valence electrons. The average Bonchev–Trinajstić information content (AvgIpc) is 3.35. The number of likely N-dealkylation sites (tertiary alicyclic amines) is 1. The number of ether oxygens (including phenoxy) is 1. The standard InChI is InChI=1S/C23H24F3N3O2S/c1-15-5-8-32-20(15)21(30)28-7-6-22(14-31-2)13-29(12-17(22)11-28)18-4-3-16(10-27)19(9-18)23(24,25)26/h3-5,8-9,17H,6-7,11-14H2,1-2H3/t17-,22+/m1/s1. The van der Waals surface area contributed by atoms with Crippen molar-refractivity contribution in [2.24, 2.45) is 11.3 Å². The highest BCUT2D eigenvalue weighted by Crippen LogP contribution is 2.46. The molecule has 0 aliphatic carbocycles. The number of amides is 1. The van der Waals surface area contributed by atoms with Gasteiger partial charge in [0.15, 0.2) is 0 Å². The van der Waals surface area contributed by atoms with Crippen molar-refractivity contribution >= 4 is 22.9 Å². The monoisotopic (exact) mass is 463 g/mol. The fourth-order valence-corrected chi connectivity index (χ4v) is 5.88. The zero-order chi connectivity index (χ0) is 23.1. The molecule has 2 saturated heterocycles. The number of alkyl halides is 3. The molecule has 0 radical (unpaired) electrons. The van der Waals surface area contributed by atoms with Crippen LogP contribution in [0.5, 0.6) is 0 Å². The third-order valence-corrected chi connectivity index (χ3v) is 7.71. The van der Waals surface area contributed by atoms with E-state index in [1.165, 1.54) is 17.4 Å². The van der Waals surface area contributed by atoms with Crippen molar-refractivity contribution < 1.29 is 22.7 Å². The predicted octanol–water partition coefficient (Wildman–Crippen LogP) is 4.56. The van der Waals surface area contributed by atoms with Crippen LogP contribution >= 0.6 is 11.3 Å². The summed E-state index contributed by atoms with van der Waals surface area (Å²) in [6, 6.07) is 7.43. The number of hydrogen-bond donors (Lipinski definition) is 0. The lowest BCUT2D eigenvalue weighted by atomic mass is 9.73. The minimum Gasteiger partial charge on any atom is -0.384 e. The summed E-state index contributed by atoms with van der Waals surface area (Å²) < 4.78 is 45.9. The SMILES string of the molecule is COC[C@@]12CCN(C(=O)c3sccc3C)C[C@@H]1CN(c1ccc(C#N)c(C(F)(F)F)c1)C2. The highest BCUT2D eigenvalue weighted by atomic mass is 32.1. The summed E-state index contributed by atoms with van der Waals surface area (Å²) in [6.07, 6.45) is -3.87. The molecule has 1 aromatic heterocycles.